The first-order chi connectivity index (χ1) is 9.75. The van der Waals surface area contributed by atoms with Crippen molar-refractivity contribution in [1.29, 1.82) is 0 Å². The molecule has 3 nitrogen and oxygen atoms in total. The molecule has 1 amide bonds. The van der Waals surface area contributed by atoms with Crippen molar-refractivity contribution in [2.75, 3.05) is 0 Å². The molecule has 0 saturated heterocycles. The van der Waals surface area contributed by atoms with E-state index in [2.05, 4.69) is 10.3 Å². The number of carbonyl (C=O) groups excluding carboxylic acids is 1. The first-order valence-electron chi connectivity index (χ1n) is 6.67. The maximum absolute atomic E-state index is 12.4. The summed E-state index contributed by atoms with van der Waals surface area (Å²) in [5.41, 5.74) is 2.76. The van der Waals surface area contributed by atoms with E-state index < -0.39 is 0 Å². The number of H-pyrrole nitrogens is 1. The molecule has 0 unspecified atom stereocenters. The van der Waals surface area contributed by atoms with E-state index in [0.717, 1.165) is 16.5 Å². The maximum Gasteiger partial charge on any atom is 0.253 e. The lowest BCUT2D eigenvalue weighted by atomic mass is 10.1. The van der Waals surface area contributed by atoms with E-state index in [1.807, 2.05) is 61.5 Å². The van der Waals surface area contributed by atoms with Gasteiger partial charge in [0.25, 0.3) is 5.91 Å². The van der Waals surface area contributed by atoms with Crippen LogP contribution in [0.3, 0.4) is 0 Å². The normalized spacial score (nSPS) is 12.2. The highest BCUT2D eigenvalue weighted by Gasteiger charge is 2.14. The molecule has 3 heteroatoms. The molecule has 3 rings (SSSR count). The summed E-state index contributed by atoms with van der Waals surface area (Å²) >= 11 is 0. The Morgan fingerprint density at radius 3 is 2.55 bits per heavy atom. The molecule has 0 aliphatic carbocycles. The van der Waals surface area contributed by atoms with Crippen LogP contribution in [0.4, 0.5) is 0 Å². The average molecular weight is 264 g/mol. The molecule has 0 bridgehead atoms. The van der Waals surface area contributed by atoms with Crippen molar-refractivity contribution in [3.05, 3.63) is 71.9 Å². The number of para-hydroxylation sites is 1. The molecule has 0 fully saturated rings. The minimum atomic E-state index is -0.0567. The van der Waals surface area contributed by atoms with E-state index in [1.165, 1.54) is 0 Å². The zero-order valence-electron chi connectivity index (χ0n) is 11.3. The van der Waals surface area contributed by atoms with Crippen LogP contribution in [0.5, 0.6) is 0 Å². The number of fused-ring (bicyclic) bond motifs is 1. The summed E-state index contributed by atoms with van der Waals surface area (Å²) in [4.78, 5) is 15.5. The maximum atomic E-state index is 12.4. The highest BCUT2D eigenvalue weighted by Crippen LogP contribution is 2.19. The number of amides is 1. The highest BCUT2D eigenvalue weighted by molar-refractivity contribution is 6.06. The van der Waals surface area contributed by atoms with Gasteiger partial charge in [0.15, 0.2) is 0 Å². The second-order valence-corrected chi connectivity index (χ2v) is 4.85. The molecule has 0 aliphatic heterocycles. The van der Waals surface area contributed by atoms with Gasteiger partial charge < -0.3 is 10.3 Å². The highest BCUT2D eigenvalue weighted by atomic mass is 16.1. The van der Waals surface area contributed by atoms with Crippen LogP contribution in [0.1, 0.15) is 28.9 Å². The van der Waals surface area contributed by atoms with Gasteiger partial charge in [-0.25, -0.2) is 0 Å². The van der Waals surface area contributed by atoms with E-state index in [-0.39, 0.29) is 11.9 Å². The Balaban J connectivity index is 1.83. The minimum absolute atomic E-state index is 0.0163. The van der Waals surface area contributed by atoms with Crippen LogP contribution in [0, 0.1) is 0 Å². The van der Waals surface area contributed by atoms with Crippen LogP contribution < -0.4 is 5.32 Å². The lowest BCUT2D eigenvalue weighted by Crippen LogP contribution is -2.26. The summed E-state index contributed by atoms with van der Waals surface area (Å²) in [7, 11) is 0. The zero-order chi connectivity index (χ0) is 13.9. The summed E-state index contributed by atoms with van der Waals surface area (Å²) < 4.78 is 0. The van der Waals surface area contributed by atoms with Gasteiger partial charge in [-0.1, -0.05) is 48.5 Å². The van der Waals surface area contributed by atoms with Crippen molar-refractivity contribution >= 4 is 16.8 Å². The van der Waals surface area contributed by atoms with Gasteiger partial charge in [-0.3, -0.25) is 4.79 Å². The Bertz CT molecular complexity index is 731. The molecule has 3 aromatic rings. The van der Waals surface area contributed by atoms with Gasteiger partial charge in [0.1, 0.15) is 0 Å². The average Bonchev–Trinajstić information content (AvgIpc) is 2.92. The van der Waals surface area contributed by atoms with Crippen LogP contribution >= 0.6 is 0 Å². The van der Waals surface area contributed by atoms with Crippen LogP contribution in [0.2, 0.25) is 0 Å². The summed E-state index contributed by atoms with van der Waals surface area (Å²) in [5, 5.41) is 3.98. The lowest BCUT2D eigenvalue weighted by Gasteiger charge is -2.13. The van der Waals surface area contributed by atoms with Gasteiger partial charge in [-0.05, 0) is 18.6 Å². The van der Waals surface area contributed by atoms with Crippen molar-refractivity contribution in [3.8, 4) is 0 Å². The molecule has 1 aromatic heterocycles. The van der Waals surface area contributed by atoms with Crippen molar-refractivity contribution < 1.29 is 4.79 Å². The SMILES string of the molecule is C[C@@H](NC(=O)c1c[nH]c2ccccc12)c1ccccc1. The van der Waals surface area contributed by atoms with Gasteiger partial charge in [-0.15, -0.1) is 0 Å². The zero-order valence-corrected chi connectivity index (χ0v) is 11.3. The van der Waals surface area contributed by atoms with Crippen molar-refractivity contribution in [2.24, 2.45) is 0 Å². The quantitative estimate of drug-likeness (QED) is 0.745. The Morgan fingerprint density at radius 1 is 1.05 bits per heavy atom. The molecule has 0 radical (unpaired) electrons. The number of carbonyl (C=O) groups is 1. The fourth-order valence-electron chi connectivity index (χ4n) is 2.36. The number of hydrogen-bond donors (Lipinski definition) is 2. The molecule has 0 spiro atoms. The summed E-state index contributed by atoms with van der Waals surface area (Å²) in [5.74, 6) is -0.0567. The van der Waals surface area contributed by atoms with Crippen LogP contribution in [-0.2, 0) is 0 Å². The second-order valence-electron chi connectivity index (χ2n) is 4.85. The fraction of sp³-hybridized carbons (Fsp3) is 0.118. The lowest BCUT2D eigenvalue weighted by molar-refractivity contribution is 0.0941. The number of benzene rings is 2. The van der Waals surface area contributed by atoms with Gasteiger partial charge >= 0.3 is 0 Å². The standard InChI is InChI=1S/C17H16N2O/c1-12(13-7-3-2-4-8-13)19-17(20)15-11-18-16-10-6-5-9-14(15)16/h2-12,18H,1H3,(H,19,20)/t12-/m1/s1. The Morgan fingerprint density at radius 2 is 1.75 bits per heavy atom. The largest absolute Gasteiger partial charge is 0.360 e. The molecule has 20 heavy (non-hydrogen) atoms. The predicted octanol–water partition coefficient (Wildman–Crippen LogP) is 3.66. The van der Waals surface area contributed by atoms with Gasteiger partial charge in [0.2, 0.25) is 0 Å². The molecule has 2 aromatic carbocycles. The minimum Gasteiger partial charge on any atom is -0.360 e. The van der Waals surface area contributed by atoms with Crippen molar-refractivity contribution in [3.63, 3.8) is 0 Å². The molecule has 1 heterocycles. The molecule has 1 atom stereocenters. The van der Waals surface area contributed by atoms with Crippen LogP contribution in [0.25, 0.3) is 10.9 Å². The number of nitrogens with one attached hydrogen (secondary N) is 2. The van der Waals surface area contributed by atoms with Gasteiger partial charge in [-0.2, -0.15) is 0 Å². The van der Waals surface area contributed by atoms with Crippen LogP contribution in [-0.4, -0.2) is 10.9 Å². The van der Waals surface area contributed by atoms with E-state index in [4.69, 9.17) is 0 Å². The molecular formula is C17H16N2O. The Hall–Kier alpha value is -2.55. The number of hydrogen-bond acceptors (Lipinski definition) is 1. The van der Waals surface area contributed by atoms with Gasteiger partial charge in [0.05, 0.1) is 11.6 Å². The van der Waals surface area contributed by atoms with Crippen molar-refractivity contribution in [1.82, 2.24) is 10.3 Å². The fourth-order valence-corrected chi connectivity index (χ4v) is 2.36. The third-order valence-electron chi connectivity index (χ3n) is 3.48. The smallest absolute Gasteiger partial charge is 0.253 e. The molecule has 2 N–H and O–H groups in total. The first-order valence-corrected chi connectivity index (χ1v) is 6.67. The van der Waals surface area contributed by atoms with Crippen molar-refractivity contribution in [2.45, 2.75) is 13.0 Å². The monoisotopic (exact) mass is 264 g/mol. The third kappa shape index (κ3) is 2.30. The van der Waals surface area contributed by atoms with E-state index in [1.54, 1.807) is 6.20 Å². The van der Waals surface area contributed by atoms with E-state index >= 15 is 0 Å². The summed E-state index contributed by atoms with van der Waals surface area (Å²) in [6, 6.07) is 17.7. The Labute approximate surface area is 117 Å². The summed E-state index contributed by atoms with van der Waals surface area (Å²) in [6.07, 6.45) is 1.76. The molecule has 0 aliphatic rings. The third-order valence-corrected chi connectivity index (χ3v) is 3.48. The van der Waals surface area contributed by atoms with E-state index in [0.29, 0.717) is 5.56 Å². The topological polar surface area (TPSA) is 44.9 Å². The molecule has 100 valence electrons. The second kappa shape index (κ2) is 5.21. The van der Waals surface area contributed by atoms with E-state index in [9.17, 15) is 4.79 Å². The van der Waals surface area contributed by atoms with Gasteiger partial charge in [0, 0.05) is 17.1 Å². The van der Waals surface area contributed by atoms with Crippen LogP contribution in [0.15, 0.2) is 60.8 Å². The number of rotatable bonds is 3. The molecular weight excluding hydrogens is 248 g/mol. The molecule has 0 saturated carbocycles. The first kappa shape index (κ1) is 12.5. The Kier molecular flexibility index (Phi) is 3.25. The predicted molar refractivity (Wildman–Crippen MR) is 80.6 cm³/mol. The number of aromatic nitrogens is 1. The number of aromatic amines is 1. The summed E-state index contributed by atoms with van der Waals surface area (Å²) in [6.45, 7) is 1.99.